The van der Waals surface area contributed by atoms with Crippen molar-refractivity contribution in [1.82, 2.24) is 0 Å². The van der Waals surface area contributed by atoms with Crippen LogP contribution in [0.25, 0.3) is 0 Å². The van der Waals surface area contributed by atoms with E-state index >= 15 is 0 Å². The van der Waals surface area contributed by atoms with Gasteiger partial charge in [0.15, 0.2) is 0 Å². The lowest BCUT2D eigenvalue weighted by Crippen LogP contribution is -2.68. The van der Waals surface area contributed by atoms with E-state index in [2.05, 4.69) is 47.6 Å². The van der Waals surface area contributed by atoms with Crippen molar-refractivity contribution >= 4 is 5.97 Å². The second-order valence-electron chi connectivity index (χ2n) is 13.7. The first kappa shape index (κ1) is 25.9. The SMILES string of the molecule is C/C(=C\CC[C@@H](C)[C@]1(C)CC[C@]2(C)C1=CC[C@@]1(O)[C@H]2CC[C@H]2C(C)(C)[C@H](O)CC[C@@]21C)C(=O)O. The molecule has 3 saturated carbocycles. The molecule has 34 heavy (non-hydrogen) atoms. The summed E-state index contributed by atoms with van der Waals surface area (Å²) >= 11 is 0. The zero-order valence-electron chi connectivity index (χ0n) is 22.6. The van der Waals surface area contributed by atoms with Crippen LogP contribution in [0.1, 0.15) is 106 Å². The first-order valence-electron chi connectivity index (χ1n) is 13.7. The second kappa shape index (κ2) is 8.20. The smallest absolute Gasteiger partial charge is 0.330 e. The first-order chi connectivity index (χ1) is 15.6. The number of carboxylic acid groups (broad SMARTS) is 1. The highest BCUT2D eigenvalue weighted by molar-refractivity contribution is 5.85. The Kier molecular flexibility index (Phi) is 6.26. The van der Waals surface area contributed by atoms with Crippen molar-refractivity contribution in [2.75, 3.05) is 0 Å². The van der Waals surface area contributed by atoms with E-state index in [1.807, 2.05) is 6.08 Å². The van der Waals surface area contributed by atoms with Crippen LogP contribution in [-0.2, 0) is 4.79 Å². The zero-order valence-corrected chi connectivity index (χ0v) is 22.6. The molecule has 4 aliphatic carbocycles. The number of fused-ring (bicyclic) bond motifs is 5. The lowest BCUT2D eigenvalue weighted by atomic mass is 9.39. The maximum Gasteiger partial charge on any atom is 0.330 e. The minimum absolute atomic E-state index is 0.0109. The highest BCUT2D eigenvalue weighted by Crippen LogP contribution is 2.72. The second-order valence-corrected chi connectivity index (χ2v) is 13.7. The Labute approximate surface area is 206 Å². The molecule has 0 amide bonds. The van der Waals surface area contributed by atoms with Crippen LogP contribution in [-0.4, -0.2) is 33.0 Å². The molecule has 0 aromatic heterocycles. The number of rotatable bonds is 5. The summed E-state index contributed by atoms with van der Waals surface area (Å²) in [5, 5.41) is 32.5. The first-order valence-corrected chi connectivity index (χ1v) is 13.7. The van der Waals surface area contributed by atoms with Crippen LogP contribution in [0.15, 0.2) is 23.3 Å². The van der Waals surface area contributed by atoms with Gasteiger partial charge in [0.05, 0.1) is 11.7 Å². The predicted octanol–water partition coefficient (Wildman–Crippen LogP) is 6.51. The number of allylic oxidation sites excluding steroid dienone is 2. The third-order valence-corrected chi connectivity index (χ3v) is 12.0. The molecular formula is C30H48O4. The van der Waals surface area contributed by atoms with Crippen LogP contribution < -0.4 is 0 Å². The van der Waals surface area contributed by atoms with Crippen molar-refractivity contribution in [3.8, 4) is 0 Å². The number of hydrogen-bond donors (Lipinski definition) is 3. The Morgan fingerprint density at radius 3 is 2.38 bits per heavy atom. The Balaban J connectivity index is 1.63. The Hall–Kier alpha value is -1.13. The van der Waals surface area contributed by atoms with Gasteiger partial charge in [-0.3, -0.25) is 0 Å². The monoisotopic (exact) mass is 472 g/mol. The summed E-state index contributed by atoms with van der Waals surface area (Å²) in [6.07, 6.45) is 12.5. The van der Waals surface area contributed by atoms with Crippen molar-refractivity contribution in [1.29, 1.82) is 0 Å². The van der Waals surface area contributed by atoms with Crippen LogP contribution in [0.4, 0.5) is 0 Å². The summed E-state index contributed by atoms with van der Waals surface area (Å²) in [6, 6.07) is 0. The maximum absolute atomic E-state index is 12.5. The van der Waals surface area contributed by atoms with Gasteiger partial charge in [-0.05, 0) is 98.7 Å². The Bertz CT molecular complexity index is 901. The molecule has 0 radical (unpaired) electrons. The minimum atomic E-state index is -0.830. The molecule has 4 rings (SSSR count). The molecule has 0 aromatic carbocycles. The Morgan fingerprint density at radius 2 is 1.74 bits per heavy atom. The largest absolute Gasteiger partial charge is 0.478 e. The number of hydrogen-bond acceptors (Lipinski definition) is 3. The van der Waals surface area contributed by atoms with E-state index in [9.17, 15) is 15.0 Å². The van der Waals surface area contributed by atoms with Crippen LogP contribution >= 0.6 is 0 Å². The Morgan fingerprint density at radius 1 is 1.09 bits per heavy atom. The summed E-state index contributed by atoms with van der Waals surface area (Å²) in [7, 11) is 0. The normalized spacial score (nSPS) is 46.7. The molecule has 0 heterocycles. The van der Waals surface area contributed by atoms with Crippen molar-refractivity contribution < 1.29 is 20.1 Å². The zero-order chi connectivity index (χ0) is 25.3. The van der Waals surface area contributed by atoms with Gasteiger partial charge in [0.1, 0.15) is 0 Å². The van der Waals surface area contributed by atoms with Crippen molar-refractivity contribution in [2.45, 2.75) is 118 Å². The van der Waals surface area contributed by atoms with Gasteiger partial charge < -0.3 is 15.3 Å². The fourth-order valence-corrected chi connectivity index (χ4v) is 9.43. The molecule has 3 fully saturated rings. The molecule has 3 N–H and O–H groups in total. The van der Waals surface area contributed by atoms with E-state index in [1.165, 1.54) is 0 Å². The fourth-order valence-electron chi connectivity index (χ4n) is 9.43. The molecule has 0 spiro atoms. The summed E-state index contributed by atoms with van der Waals surface area (Å²) < 4.78 is 0. The average molecular weight is 473 g/mol. The van der Waals surface area contributed by atoms with E-state index in [0.29, 0.717) is 17.4 Å². The molecule has 0 aliphatic heterocycles. The van der Waals surface area contributed by atoms with Crippen molar-refractivity contribution in [2.24, 2.45) is 39.4 Å². The van der Waals surface area contributed by atoms with Gasteiger partial charge in [-0.1, -0.05) is 59.3 Å². The van der Waals surface area contributed by atoms with E-state index in [1.54, 1.807) is 12.5 Å². The molecule has 4 aliphatic rings. The molecule has 0 aromatic rings. The van der Waals surface area contributed by atoms with Crippen molar-refractivity contribution in [3.63, 3.8) is 0 Å². The van der Waals surface area contributed by atoms with Gasteiger partial charge >= 0.3 is 5.97 Å². The molecule has 0 bridgehead atoms. The standard InChI is InChI=1S/C30H48O4/c1-19(25(32)33)9-8-10-20(2)27(5)17-18-28(6)22(27)13-16-30(34)23(28)12-11-21-26(3,4)24(31)14-15-29(21,30)7/h9,13,20-21,23-24,31,34H,8,10-12,14-18H2,1-7H3,(H,32,33)/b19-9+/t20-,21+,23+,24-,27+,28-,29+,30-/m1/s1. The highest BCUT2D eigenvalue weighted by atomic mass is 16.4. The van der Waals surface area contributed by atoms with Crippen molar-refractivity contribution in [3.05, 3.63) is 23.3 Å². The third kappa shape index (κ3) is 3.41. The molecule has 4 nitrogen and oxygen atoms in total. The van der Waals surface area contributed by atoms with Gasteiger partial charge in [0, 0.05) is 11.0 Å². The number of aliphatic carboxylic acids is 1. The molecule has 4 heteroatoms. The molecular weight excluding hydrogens is 424 g/mol. The number of aliphatic hydroxyl groups excluding tert-OH is 1. The highest BCUT2D eigenvalue weighted by Gasteiger charge is 2.69. The average Bonchev–Trinajstić information content (AvgIpc) is 3.03. The topological polar surface area (TPSA) is 77.8 Å². The van der Waals surface area contributed by atoms with Gasteiger partial charge in [-0.2, -0.15) is 0 Å². The van der Waals surface area contributed by atoms with Crippen LogP contribution in [0.5, 0.6) is 0 Å². The summed E-state index contributed by atoms with van der Waals surface area (Å²) in [4.78, 5) is 11.2. The lowest BCUT2D eigenvalue weighted by molar-refractivity contribution is -0.249. The lowest BCUT2D eigenvalue weighted by Gasteiger charge is -2.68. The van der Waals surface area contributed by atoms with Crippen LogP contribution in [0.2, 0.25) is 0 Å². The summed E-state index contributed by atoms with van der Waals surface area (Å²) in [5.41, 5.74) is 1.03. The predicted molar refractivity (Wildman–Crippen MR) is 136 cm³/mol. The van der Waals surface area contributed by atoms with Crippen LogP contribution in [0, 0.1) is 39.4 Å². The fraction of sp³-hybridized carbons (Fsp3) is 0.833. The minimum Gasteiger partial charge on any atom is -0.478 e. The molecule has 192 valence electrons. The summed E-state index contributed by atoms with van der Waals surface area (Å²) in [5.74, 6) is 0.222. The van der Waals surface area contributed by atoms with E-state index < -0.39 is 11.6 Å². The quantitative estimate of drug-likeness (QED) is 0.315. The molecule has 8 atom stereocenters. The van der Waals surface area contributed by atoms with E-state index in [4.69, 9.17) is 5.11 Å². The third-order valence-electron chi connectivity index (χ3n) is 12.0. The molecule has 0 saturated heterocycles. The summed E-state index contributed by atoms with van der Waals surface area (Å²) in [6.45, 7) is 15.6. The molecule has 0 unspecified atom stereocenters. The number of aliphatic hydroxyl groups is 2. The van der Waals surface area contributed by atoms with Crippen LogP contribution in [0.3, 0.4) is 0 Å². The maximum atomic E-state index is 12.5. The van der Waals surface area contributed by atoms with Gasteiger partial charge in [-0.15, -0.1) is 0 Å². The van der Waals surface area contributed by atoms with Gasteiger partial charge in [-0.25, -0.2) is 4.79 Å². The van der Waals surface area contributed by atoms with Gasteiger partial charge in [0.25, 0.3) is 0 Å². The van der Waals surface area contributed by atoms with Gasteiger partial charge in [0.2, 0.25) is 0 Å². The number of carboxylic acids is 1. The van der Waals surface area contributed by atoms with E-state index in [-0.39, 0.29) is 33.7 Å². The number of carbonyl (C=O) groups is 1. The van der Waals surface area contributed by atoms with E-state index in [0.717, 1.165) is 57.8 Å².